The van der Waals surface area contributed by atoms with Crippen LogP contribution in [0.5, 0.6) is 0 Å². The molecular formula is C11H10F4N2O2. The lowest BCUT2D eigenvalue weighted by Crippen LogP contribution is -2.23. The van der Waals surface area contributed by atoms with E-state index in [-0.39, 0.29) is 11.5 Å². The van der Waals surface area contributed by atoms with Crippen molar-refractivity contribution in [2.24, 2.45) is 11.8 Å². The Morgan fingerprint density at radius 2 is 2.16 bits per heavy atom. The van der Waals surface area contributed by atoms with Crippen molar-refractivity contribution in [1.82, 2.24) is 9.78 Å². The molecule has 3 rings (SSSR count). The van der Waals surface area contributed by atoms with Gasteiger partial charge in [0, 0.05) is 17.4 Å². The Morgan fingerprint density at radius 1 is 1.53 bits per heavy atom. The fourth-order valence-electron chi connectivity index (χ4n) is 3.20. The van der Waals surface area contributed by atoms with Gasteiger partial charge < -0.3 is 5.11 Å². The third-order valence-corrected chi connectivity index (χ3v) is 3.96. The van der Waals surface area contributed by atoms with Crippen molar-refractivity contribution >= 4 is 5.97 Å². The van der Waals surface area contributed by atoms with Gasteiger partial charge in [-0.2, -0.15) is 13.9 Å². The smallest absolute Gasteiger partial charge is 0.325 e. The Balaban J connectivity index is 2.17. The summed E-state index contributed by atoms with van der Waals surface area (Å²) in [6, 6.07) is 0. The highest BCUT2D eigenvalue weighted by atomic mass is 19.3. The maximum atomic E-state index is 14.1. The van der Waals surface area contributed by atoms with E-state index in [4.69, 9.17) is 5.11 Å². The van der Waals surface area contributed by atoms with Crippen LogP contribution in [-0.2, 0) is 17.3 Å². The van der Waals surface area contributed by atoms with Gasteiger partial charge in [-0.05, 0) is 5.92 Å². The van der Waals surface area contributed by atoms with Gasteiger partial charge >= 0.3 is 5.97 Å². The maximum Gasteiger partial charge on any atom is 0.325 e. The van der Waals surface area contributed by atoms with Crippen LogP contribution in [0.2, 0.25) is 0 Å². The van der Waals surface area contributed by atoms with Crippen molar-refractivity contribution in [3.63, 3.8) is 0 Å². The molecule has 0 radical (unpaired) electrons. The van der Waals surface area contributed by atoms with E-state index in [1.807, 2.05) is 0 Å². The molecular weight excluding hydrogens is 268 g/mol. The van der Waals surface area contributed by atoms with E-state index in [9.17, 15) is 22.4 Å². The summed E-state index contributed by atoms with van der Waals surface area (Å²) in [5, 5.41) is 12.0. The molecule has 4 nitrogen and oxygen atoms in total. The third kappa shape index (κ3) is 1.45. The first kappa shape index (κ1) is 12.4. The summed E-state index contributed by atoms with van der Waals surface area (Å²) in [7, 11) is 0. The summed E-state index contributed by atoms with van der Waals surface area (Å²) in [6.45, 7) is 0.744. The molecule has 2 aliphatic rings. The molecule has 0 amide bonds. The van der Waals surface area contributed by atoms with Gasteiger partial charge in [0.2, 0.25) is 0 Å². The number of alkyl halides is 4. The predicted molar refractivity (Wildman–Crippen MR) is 54.1 cm³/mol. The molecule has 8 heteroatoms. The fourth-order valence-corrected chi connectivity index (χ4v) is 3.20. The van der Waals surface area contributed by atoms with Crippen LogP contribution in [0.1, 0.15) is 36.2 Å². The maximum absolute atomic E-state index is 14.1. The van der Waals surface area contributed by atoms with E-state index >= 15 is 0 Å². The largest absolute Gasteiger partial charge is 0.480 e. The molecule has 1 heterocycles. The first-order valence-electron chi connectivity index (χ1n) is 5.75. The zero-order valence-electron chi connectivity index (χ0n) is 9.78. The van der Waals surface area contributed by atoms with Crippen LogP contribution < -0.4 is 0 Å². The van der Waals surface area contributed by atoms with Crippen molar-refractivity contribution in [3.05, 3.63) is 17.0 Å². The Morgan fingerprint density at radius 3 is 2.68 bits per heavy atom. The second-order valence-electron chi connectivity index (χ2n) is 5.03. The van der Waals surface area contributed by atoms with Gasteiger partial charge in [-0.3, -0.25) is 9.48 Å². The topological polar surface area (TPSA) is 55.1 Å². The SMILES string of the molecule is CC1C2c3c(C(F)F)nn(CC(=O)O)c3C(F)(F)C12. The van der Waals surface area contributed by atoms with Crippen molar-refractivity contribution in [2.45, 2.75) is 31.7 Å². The number of aromatic nitrogens is 2. The molecule has 1 N–H and O–H groups in total. The Bertz CT molecular complexity index is 569. The van der Waals surface area contributed by atoms with E-state index in [1.165, 1.54) is 0 Å². The van der Waals surface area contributed by atoms with Gasteiger partial charge in [0.25, 0.3) is 12.3 Å². The molecule has 1 aromatic heterocycles. The van der Waals surface area contributed by atoms with Crippen molar-refractivity contribution in [1.29, 1.82) is 0 Å². The number of nitrogens with zero attached hydrogens (tertiary/aromatic N) is 2. The number of carboxylic acids is 1. The quantitative estimate of drug-likeness (QED) is 0.863. The van der Waals surface area contributed by atoms with Crippen LogP contribution in [0.4, 0.5) is 17.6 Å². The van der Waals surface area contributed by atoms with E-state index in [2.05, 4.69) is 5.10 Å². The zero-order valence-corrected chi connectivity index (χ0v) is 9.78. The van der Waals surface area contributed by atoms with Gasteiger partial charge in [-0.25, -0.2) is 8.78 Å². The Labute approximate surface area is 105 Å². The van der Waals surface area contributed by atoms with E-state index in [0.717, 1.165) is 0 Å². The molecule has 0 aliphatic heterocycles. The van der Waals surface area contributed by atoms with Crippen LogP contribution in [0.3, 0.4) is 0 Å². The summed E-state index contributed by atoms with van der Waals surface area (Å²) in [6.07, 6.45) is -2.98. The molecule has 1 fully saturated rings. The lowest BCUT2D eigenvalue weighted by molar-refractivity contribution is -0.138. The Hall–Kier alpha value is -1.60. The number of halogens is 4. The summed E-state index contributed by atoms with van der Waals surface area (Å²) in [5.41, 5.74) is -1.48. The van der Waals surface area contributed by atoms with Crippen LogP contribution in [0.25, 0.3) is 0 Å². The lowest BCUT2D eigenvalue weighted by atomic mass is 10.1. The summed E-state index contributed by atoms with van der Waals surface area (Å²) >= 11 is 0. The minimum Gasteiger partial charge on any atom is -0.480 e. The Kier molecular flexibility index (Phi) is 2.28. The minimum atomic E-state index is -3.28. The van der Waals surface area contributed by atoms with Gasteiger partial charge in [0.1, 0.15) is 17.9 Å². The van der Waals surface area contributed by atoms with Gasteiger partial charge in [0.15, 0.2) is 0 Å². The number of fused-ring (bicyclic) bond motifs is 3. The highest BCUT2D eigenvalue weighted by Gasteiger charge is 2.71. The minimum absolute atomic E-state index is 0.140. The number of hydrogen-bond donors (Lipinski definition) is 1. The summed E-state index contributed by atoms with van der Waals surface area (Å²) in [5.74, 6) is -6.68. The molecule has 3 unspecified atom stereocenters. The second-order valence-corrected chi connectivity index (χ2v) is 5.03. The highest BCUT2D eigenvalue weighted by molar-refractivity contribution is 5.67. The molecule has 1 saturated carbocycles. The molecule has 3 atom stereocenters. The first-order valence-corrected chi connectivity index (χ1v) is 5.75. The van der Waals surface area contributed by atoms with Crippen molar-refractivity contribution in [3.8, 4) is 0 Å². The molecule has 1 aromatic rings. The normalized spacial score (nSPS) is 30.3. The highest BCUT2D eigenvalue weighted by Crippen LogP contribution is 2.71. The molecule has 0 saturated heterocycles. The number of rotatable bonds is 3. The van der Waals surface area contributed by atoms with Crippen LogP contribution in [0, 0.1) is 11.8 Å². The van der Waals surface area contributed by atoms with Gasteiger partial charge in [-0.15, -0.1) is 0 Å². The second kappa shape index (κ2) is 3.49. The summed E-state index contributed by atoms with van der Waals surface area (Å²) in [4.78, 5) is 10.6. The summed E-state index contributed by atoms with van der Waals surface area (Å²) < 4.78 is 54.5. The molecule has 0 spiro atoms. The van der Waals surface area contributed by atoms with Crippen LogP contribution in [-0.4, -0.2) is 20.9 Å². The molecule has 19 heavy (non-hydrogen) atoms. The predicted octanol–water partition coefficient (Wildman–Crippen LogP) is 2.36. The molecule has 2 aliphatic carbocycles. The standard InChI is InChI=1S/C11H10F4N2O2/c1-3-5-6-8(10(12)13)16-17(2-4(18)19)9(6)11(14,15)7(3)5/h3,5,7,10H,2H2,1H3,(H,18,19). The van der Waals surface area contributed by atoms with E-state index in [1.54, 1.807) is 6.92 Å². The molecule has 0 aromatic carbocycles. The first-order chi connectivity index (χ1) is 8.76. The van der Waals surface area contributed by atoms with E-state index < -0.39 is 48.1 Å². The molecule has 104 valence electrons. The number of carbonyl (C=O) groups is 1. The lowest BCUT2D eigenvalue weighted by Gasteiger charge is -2.15. The molecule has 0 bridgehead atoms. The number of carboxylic acid groups (broad SMARTS) is 1. The average molecular weight is 278 g/mol. The number of hydrogen-bond acceptors (Lipinski definition) is 2. The van der Waals surface area contributed by atoms with Crippen LogP contribution >= 0.6 is 0 Å². The van der Waals surface area contributed by atoms with Crippen LogP contribution in [0.15, 0.2) is 0 Å². The van der Waals surface area contributed by atoms with Gasteiger partial charge in [0.05, 0.1) is 0 Å². The average Bonchev–Trinajstić information content (AvgIpc) is 2.67. The van der Waals surface area contributed by atoms with Gasteiger partial charge in [-0.1, -0.05) is 6.92 Å². The fraction of sp³-hybridized carbons (Fsp3) is 0.636. The third-order valence-electron chi connectivity index (χ3n) is 3.96. The van der Waals surface area contributed by atoms with E-state index in [0.29, 0.717) is 4.68 Å². The monoisotopic (exact) mass is 278 g/mol. The van der Waals surface area contributed by atoms with Crippen molar-refractivity contribution in [2.75, 3.05) is 0 Å². The number of aliphatic carboxylic acids is 1. The van der Waals surface area contributed by atoms with Crippen molar-refractivity contribution < 1.29 is 27.5 Å². The zero-order chi connectivity index (χ0) is 14.1.